The second-order valence-corrected chi connectivity index (χ2v) is 11.7. The van der Waals surface area contributed by atoms with Crippen molar-refractivity contribution < 1.29 is 14.3 Å². The average Bonchev–Trinajstić information content (AvgIpc) is 3.40. The van der Waals surface area contributed by atoms with Gasteiger partial charge in [0, 0.05) is 17.2 Å². The Kier molecular flexibility index (Phi) is 9.46. The van der Waals surface area contributed by atoms with Crippen molar-refractivity contribution in [1.29, 1.82) is 5.26 Å². The van der Waals surface area contributed by atoms with E-state index in [0.29, 0.717) is 11.5 Å². The molecule has 4 nitrogen and oxygen atoms in total. The Morgan fingerprint density at radius 2 is 1.80 bits per heavy atom. The van der Waals surface area contributed by atoms with Gasteiger partial charge in [-0.25, -0.2) is 4.79 Å². The lowest BCUT2D eigenvalue weighted by Crippen LogP contribution is -2.10. The zero-order valence-corrected chi connectivity index (χ0v) is 26.0. The standard InChI is InChI=1S/C40H39NO3/c1-26-13-17-32(20-21-33(26)23-30-14-12-27(2)38(28(3)22-30)24-39(42)43-4)35-9-7-10-36-34(8-6-11-37(36)40(35)44-5)31-18-15-29(25-41)16-19-31/h6-9,11,13-21,24,27-28H,1,10,12,22-23H2,2-5H3/b38-24-. The molecule has 0 saturated heterocycles. The maximum Gasteiger partial charge on any atom is 0.330 e. The number of allylic oxidation sites excluding steroid dienone is 13. The molecule has 3 aliphatic rings. The first-order valence-corrected chi connectivity index (χ1v) is 15.2. The van der Waals surface area contributed by atoms with Crippen LogP contribution >= 0.6 is 0 Å². The molecule has 2 unspecified atom stereocenters. The molecular formula is C40H39NO3. The summed E-state index contributed by atoms with van der Waals surface area (Å²) in [6.45, 7) is 8.78. The molecule has 0 aromatic heterocycles. The fraction of sp³-hybridized carbons (Fsp3) is 0.250. The van der Waals surface area contributed by atoms with Gasteiger partial charge in [0.15, 0.2) is 0 Å². The SMILES string of the molecule is C=C1C=CC(C2=C(OC)c3cccc(-c4ccc(C#N)cc4)c3CC=C2)=CC=C1CC1=CCC(C)/C(=C/C(=O)OC)C(C)C1. The molecule has 222 valence electrons. The van der Waals surface area contributed by atoms with Gasteiger partial charge in [-0.2, -0.15) is 5.26 Å². The second-order valence-electron chi connectivity index (χ2n) is 11.7. The minimum absolute atomic E-state index is 0.263. The van der Waals surface area contributed by atoms with Gasteiger partial charge >= 0.3 is 5.97 Å². The molecule has 44 heavy (non-hydrogen) atoms. The highest BCUT2D eigenvalue weighted by molar-refractivity contribution is 5.83. The van der Waals surface area contributed by atoms with E-state index in [1.54, 1.807) is 13.2 Å². The summed E-state index contributed by atoms with van der Waals surface area (Å²) in [7, 11) is 3.16. The van der Waals surface area contributed by atoms with Crippen LogP contribution < -0.4 is 0 Å². The fourth-order valence-electron chi connectivity index (χ4n) is 6.41. The fourth-order valence-corrected chi connectivity index (χ4v) is 6.41. The topological polar surface area (TPSA) is 59.3 Å². The van der Waals surface area contributed by atoms with Gasteiger partial charge in [0.05, 0.1) is 25.9 Å². The predicted molar refractivity (Wildman–Crippen MR) is 178 cm³/mol. The third-order valence-electron chi connectivity index (χ3n) is 8.82. The number of rotatable bonds is 6. The van der Waals surface area contributed by atoms with Crippen molar-refractivity contribution in [3.05, 3.63) is 148 Å². The van der Waals surface area contributed by atoms with Crippen molar-refractivity contribution in [3.8, 4) is 17.2 Å². The monoisotopic (exact) mass is 581 g/mol. The molecule has 0 heterocycles. The summed E-state index contributed by atoms with van der Waals surface area (Å²) >= 11 is 0. The zero-order valence-electron chi connectivity index (χ0n) is 26.0. The Hall–Kier alpha value is -4.88. The number of carbonyl (C=O) groups excluding carboxylic acids is 1. The Balaban J connectivity index is 1.46. The molecule has 5 rings (SSSR count). The van der Waals surface area contributed by atoms with Crippen LogP contribution in [0.4, 0.5) is 0 Å². The Morgan fingerprint density at radius 3 is 2.52 bits per heavy atom. The van der Waals surface area contributed by atoms with Crippen molar-refractivity contribution in [3.63, 3.8) is 0 Å². The van der Waals surface area contributed by atoms with Gasteiger partial charge in [0.1, 0.15) is 5.76 Å². The van der Waals surface area contributed by atoms with E-state index in [2.05, 4.69) is 87.2 Å². The van der Waals surface area contributed by atoms with Gasteiger partial charge in [-0.05, 0) is 83.1 Å². The number of fused-ring (bicyclic) bond motifs is 1. The molecule has 0 amide bonds. The van der Waals surface area contributed by atoms with E-state index in [9.17, 15) is 10.1 Å². The summed E-state index contributed by atoms with van der Waals surface area (Å²) in [5, 5.41) is 9.24. The molecule has 2 aromatic rings. The normalized spacial score (nSPS) is 20.8. The van der Waals surface area contributed by atoms with E-state index in [0.717, 1.165) is 70.4 Å². The summed E-state index contributed by atoms with van der Waals surface area (Å²) in [4.78, 5) is 12.0. The number of nitrogens with zero attached hydrogens (tertiary/aromatic N) is 1. The minimum Gasteiger partial charge on any atom is -0.495 e. The van der Waals surface area contributed by atoms with Gasteiger partial charge in [-0.1, -0.05) is 104 Å². The Bertz CT molecular complexity index is 1730. The average molecular weight is 582 g/mol. The van der Waals surface area contributed by atoms with Gasteiger partial charge < -0.3 is 9.47 Å². The first-order chi connectivity index (χ1) is 21.3. The molecule has 0 radical (unpaired) electrons. The highest BCUT2D eigenvalue weighted by Crippen LogP contribution is 2.39. The van der Waals surface area contributed by atoms with Gasteiger partial charge in [0.2, 0.25) is 0 Å². The van der Waals surface area contributed by atoms with Crippen molar-refractivity contribution in [2.75, 3.05) is 14.2 Å². The van der Waals surface area contributed by atoms with Crippen molar-refractivity contribution in [2.45, 2.75) is 39.5 Å². The number of carbonyl (C=O) groups is 1. The lowest BCUT2D eigenvalue weighted by atomic mass is 9.86. The van der Waals surface area contributed by atoms with Crippen LogP contribution in [0.25, 0.3) is 16.9 Å². The number of methoxy groups -OCH3 is 2. The van der Waals surface area contributed by atoms with Crippen LogP contribution in [-0.4, -0.2) is 20.2 Å². The van der Waals surface area contributed by atoms with Gasteiger partial charge in [-0.15, -0.1) is 0 Å². The molecule has 0 N–H and O–H groups in total. The van der Waals surface area contributed by atoms with Crippen LogP contribution in [0, 0.1) is 23.2 Å². The van der Waals surface area contributed by atoms with E-state index in [1.165, 1.54) is 23.8 Å². The minimum atomic E-state index is -0.282. The van der Waals surface area contributed by atoms with E-state index < -0.39 is 0 Å². The van der Waals surface area contributed by atoms with Crippen molar-refractivity contribution in [1.82, 2.24) is 0 Å². The van der Waals surface area contributed by atoms with E-state index in [4.69, 9.17) is 9.47 Å². The number of esters is 1. The Morgan fingerprint density at radius 1 is 1.02 bits per heavy atom. The highest BCUT2D eigenvalue weighted by atomic mass is 16.5. The van der Waals surface area contributed by atoms with Gasteiger partial charge in [-0.3, -0.25) is 0 Å². The van der Waals surface area contributed by atoms with E-state index in [-0.39, 0.29) is 11.9 Å². The lowest BCUT2D eigenvalue weighted by Gasteiger charge is -2.19. The van der Waals surface area contributed by atoms with E-state index >= 15 is 0 Å². The first kappa shape index (κ1) is 30.6. The van der Waals surface area contributed by atoms with Crippen LogP contribution in [0.15, 0.2) is 131 Å². The van der Waals surface area contributed by atoms with E-state index in [1.807, 2.05) is 24.3 Å². The number of hydrogen-bond donors (Lipinski definition) is 0. The van der Waals surface area contributed by atoms with Gasteiger partial charge in [0.25, 0.3) is 0 Å². The summed E-state index contributed by atoms with van der Waals surface area (Å²) in [5.74, 6) is 1.11. The third kappa shape index (κ3) is 6.53. The molecule has 0 aliphatic heterocycles. The third-order valence-corrected chi connectivity index (χ3v) is 8.82. The lowest BCUT2D eigenvalue weighted by molar-refractivity contribution is -0.134. The number of nitriles is 1. The highest BCUT2D eigenvalue weighted by Gasteiger charge is 2.23. The molecule has 4 heteroatoms. The first-order valence-electron chi connectivity index (χ1n) is 15.2. The predicted octanol–water partition coefficient (Wildman–Crippen LogP) is 9.16. The van der Waals surface area contributed by atoms with Crippen LogP contribution in [0.5, 0.6) is 0 Å². The molecule has 2 atom stereocenters. The summed E-state index contributed by atoms with van der Waals surface area (Å²) in [6, 6.07) is 16.3. The summed E-state index contributed by atoms with van der Waals surface area (Å²) in [5.41, 5.74) is 11.9. The summed E-state index contributed by atoms with van der Waals surface area (Å²) < 4.78 is 11.0. The molecule has 3 aliphatic carbocycles. The number of hydrogen-bond acceptors (Lipinski definition) is 4. The van der Waals surface area contributed by atoms with Crippen LogP contribution in [0.1, 0.15) is 49.8 Å². The van der Waals surface area contributed by atoms with Crippen LogP contribution in [0.3, 0.4) is 0 Å². The largest absolute Gasteiger partial charge is 0.495 e. The smallest absolute Gasteiger partial charge is 0.330 e. The molecular weight excluding hydrogens is 542 g/mol. The van der Waals surface area contributed by atoms with Crippen molar-refractivity contribution >= 4 is 11.7 Å². The zero-order chi connectivity index (χ0) is 31.2. The molecule has 0 bridgehead atoms. The number of benzene rings is 2. The number of ether oxygens (including phenoxy) is 2. The molecule has 0 saturated carbocycles. The maximum absolute atomic E-state index is 12.0. The quantitative estimate of drug-likeness (QED) is 0.194. The van der Waals surface area contributed by atoms with Crippen LogP contribution in [-0.2, 0) is 20.7 Å². The Labute approximate surface area is 261 Å². The van der Waals surface area contributed by atoms with Crippen LogP contribution in [0.2, 0.25) is 0 Å². The second kappa shape index (κ2) is 13.6. The molecule has 0 fully saturated rings. The maximum atomic E-state index is 12.0. The summed E-state index contributed by atoms with van der Waals surface area (Å²) in [6.07, 6.45) is 20.4. The molecule has 0 spiro atoms. The molecule has 2 aromatic carbocycles. The van der Waals surface area contributed by atoms with Crippen molar-refractivity contribution in [2.24, 2.45) is 11.8 Å².